The third-order valence-corrected chi connectivity index (χ3v) is 7.83. The number of benzene rings is 4. The molecule has 7 nitrogen and oxygen atoms in total. The van der Waals surface area contributed by atoms with Crippen molar-refractivity contribution in [3.05, 3.63) is 102 Å². The minimum Gasteiger partial charge on any atom is -0.507 e. The Bertz CT molecular complexity index is 1910. The summed E-state index contributed by atoms with van der Waals surface area (Å²) >= 11 is 6.27. The lowest BCUT2D eigenvalue weighted by Gasteiger charge is -2.17. The molecule has 6 aromatic rings. The molecule has 2 amide bonds. The number of rotatable bonds is 4. The van der Waals surface area contributed by atoms with E-state index in [1.165, 1.54) is 0 Å². The van der Waals surface area contributed by atoms with Crippen LogP contribution in [0.25, 0.3) is 32.6 Å². The van der Waals surface area contributed by atoms with Gasteiger partial charge >= 0.3 is 0 Å². The van der Waals surface area contributed by atoms with Crippen molar-refractivity contribution in [2.24, 2.45) is 0 Å². The molecule has 8 heteroatoms. The van der Waals surface area contributed by atoms with E-state index in [9.17, 15) is 14.7 Å². The number of anilines is 2. The number of para-hydroxylation sites is 1. The quantitative estimate of drug-likeness (QED) is 0.188. The van der Waals surface area contributed by atoms with Crippen molar-refractivity contribution in [2.75, 3.05) is 22.6 Å². The number of alkyl halides is 1. The first-order chi connectivity index (χ1) is 19.0. The van der Waals surface area contributed by atoms with Crippen LogP contribution in [0.15, 0.2) is 84.9 Å². The molecular weight excluding hydrogens is 512 g/mol. The smallest absolute Gasteiger partial charge is 0.274 e. The summed E-state index contributed by atoms with van der Waals surface area (Å²) in [6, 6.07) is 26.3. The highest BCUT2D eigenvalue weighted by Crippen LogP contribution is 2.46. The Hall–Kier alpha value is -4.75. The molecule has 0 radical (unpaired) electrons. The number of aromatic nitrogens is 2. The van der Waals surface area contributed by atoms with Gasteiger partial charge in [-0.25, -0.2) is 0 Å². The van der Waals surface area contributed by atoms with E-state index in [1.807, 2.05) is 72.8 Å². The van der Waals surface area contributed by atoms with Gasteiger partial charge < -0.3 is 25.3 Å². The molecule has 4 N–H and O–H groups in total. The number of aromatic amines is 2. The number of nitrogens with one attached hydrogen (secondary N) is 3. The molecule has 0 saturated heterocycles. The predicted molar refractivity (Wildman–Crippen MR) is 155 cm³/mol. The van der Waals surface area contributed by atoms with E-state index in [2.05, 4.69) is 15.3 Å². The van der Waals surface area contributed by atoms with E-state index >= 15 is 0 Å². The topological polar surface area (TPSA) is 101 Å². The average Bonchev–Trinajstić information content (AvgIpc) is 3.67. The van der Waals surface area contributed by atoms with Gasteiger partial charge in [0.1, 0.15) is 17.1 Å². The lowest BCUT2D eigenvalue weighted by Crippen LogP contribution is -2.30. The van der Waals surface area contributed by atoms with Crippen LogP contribution in [0.1, 0.15) is 32.5 Å². The van der Waals surface area contributed by atoms with Crippen LogP contribution in [0.3, 0.4) is 0 Å². The summed E-state index contributed by atoms with van der Waals surface area (Å²) in [7, 11) is 0. The van der Waals surface area contributed by atoms with Crippen LogP contribution in [0.4, 0.5) is 11.4 Å². The van der Waals surface area contributed by atoms with Crippen molar-refractivity contribution in [3.8, 4) is 5.75 Å². The fourth-order valence-electron chi connectivity index (χ4n) is 5.55. The van der Waals surface area contributed by atoms with Crippen molar-refractivity contribution in [1.29, 1.82) is 0 Å². The summed E-state index contributed by atoms with van der Waals surface area (Å²) in [6.45, 7) is 0.378. The van der Waals surface area contributed by atoms with E-state index in [0.717, 1.165) is 32.6 Å². The molecule has 0 saturated carbocycles. The predicted octanol–water partition coefficient (Wildman–Crippen LogP) is 6.74. The summed E-state index contributed by atoms with van der Waals surface area (Å²) in [5.41, 5.74) is 4.55. The Morgan fingerprint density at radius 1 is 0.872 bits per heavy atom. The molecule has 0 aliphatic carbocycles. The Morgan fingerprint density at radius 3 is 2.41 bits per heavy atom. The van der Waals surface area contributed by atoms with E-state index in [4.69, 9.17) is 11.6 Å². The van der Waals surface area contributed by atoms with Crippen molar-refractivity contribution in [1.82, 2.24) is 9.97 Å². The third kappa shape index (κ3) is 3.82. The first-order valence-corrected chi connectivity index (χ1v) is 13.2. The molecule has 0 unspecified atom stereocenters. The fraction of sp³-hybridized carbons (Fsp3) is 0.0968. The molecule has 0 bridgehead atoms. The fourth-order valence-corrected chi connectivity index (χ4v) is 5.80. The van der Waals surface area contributed by atoms with Gasteiger partial charge in [-0.15, -0.1) is 11.6 Å². The van der Waals surface area contributed by atoms with E-state index in [-0.39, 0.29) is 29.4 Å². The van der Waals surface area contributed by atoms with Gasteiger partial charge in [0.15, 0.2) is 0 Å². The van der Waals surface area contributed by atoms with Crippen LogP contribution in [0.5, 0.6) is 5.75 Å². The highest BCUT2D eigenvalue weighted by molar-refractivity contribution is 6.19. The maximum atomic E-state index is 13.7. The maximum absolute atomic E-state index is 13.7. The number of H-pyrrole nitrogens is 2. The summed E-state index contributed by atoms with van der Waals surface area (Å²) in [6.07, 6.45) is 0. The zero-order chi connectivity index (χ0) is 26.7. The van der Waals surface area contributed by atoms with Gasteiger partial charge in [0.2, 0.25) is 0 Å². The van der Waals surface area contributed by atoms with Gasteiger partial charge in [-0.1, -0.05) is 42.5 Å². The Balaban J connectivity index is 1.18. The van der Waals surface area contributed by atoms with Gasteiger partial charge in [-0.3, -0.25) is 9.59 Å². The zero-order valence-corrected chi connectivity index (χ0v) is 21.4. The monoisotopic (exact) mass is 534 g/mol. The van der Waals surface area contributed by atoms with Crippen molar-refractivity contribution in [3.63, 3.8) is 0 Å². The van der Waals surface area contributed by atoms with E-state index in [0.29, 0.717) is 34.9 Å². The number of carbonyl (C=O) groups is 2. The lowest BCUT2D eigenvalue weighted by atomic mass is 9.97. The minimum atomic E-state index is -0.245. The summed E-state index contributed by atoms with van der Waals surface area (Å²) < 4.78 is 0. The molecular formula is C31H23ClN4O3. The van der Waals surface area contributed by atoms with Crippen molar-refractivity contribution >= 4 is 67.4 Å². The minimum absolute atomic E-state index is 0.175. The number of hydrogen-bond acceptors (Lipinski definition) is 3. The number of phenols is 1. The summed E-state index contributed by atoms with van der Waals surface area (Å²) in [5, 5.41) is 17.3. The molecule has 3 heterocycles. The first-order valence-electron chi connectivity index (χ1n) is 12.6. The first kappa shape index (κ1) is 23.4. The number of hydrogen-bond donors (Lipinski definition) is 4. The molecule has 1 aliphatic heterocycles. The molecule has 2 aromatic heterocycles. The molecule has 192 valence electrons. The van der Waals surface area contributed by atoms with Gasteiger partial charge in [-0.2, -0.15) is 0 Å². The normalized spacial score (nSPS) is 14.8. The second kappa shape index (κ2) is 8.92. The number of carbonyl (C=O) groups excluding carboxylic acids is 2. The number of nitrogens with zero attached hydrogens (tertiary/aromatic N) is 1. The highest BCUT2D eigenvalue weighted by atomic mass is 35.5. The lowest BCUT2D eigenvalue weighted by molar-refractivity contribution is 0.0983. The average molecular weight is 535 g/mol. The SMILES string of the molecule is O=C(Nc1ccc2[nH]c(C(=O)N3C[C@@H](CCl)c4c3cc3ccccc3c4O)cc2c1)c1cc2ccccc2[nH]1. The van der Waals surface area contributed by atoms with Crippen LogP contribution in [0, 0.1) is 0 Å². The second-order valence-electron chi connectivity index (χ2n) is 9.86. The molecule has 1 atom stereocenters. The van der Waals surface area contributed by atoms with E-state index in [1.54, 1.807) is 17.0 Å². The number of halogens is 1. The van der Waals surface area contributed by atoms with Gasteiger partial charge in [0, 0.05) is 56.8 Å². The highest BCUT2D eigenvalue weighted by Gasteiger charge is 2.36. The molecule has 1 aliphatic rings. The van der Waals surface area contributed by atoms with E-state index < -0.39 is 0 Å². The third-order valence-electron chi connectivity index (χ3n) is 7.46. The van der Waals surface area contributed by atoms with Crippen molar-refractivity contribution in [2.45, 2.75) is 5.92 Å². The molecule has 7 rings (SSSR count). The largest absolute Gasteiger partial charge is 0.507 e. The maximum Gasteiger partial charge on any atom is 0.274 e. The summed E-state index contributed by atoms with van der Waals surface area (Å²) in [5.74, 6) is -0.167. The number of phenolic OH excluding ortho intramolecular Hbond substituents is 1. The Morgan fingerprint density at radius 2 is 1.59 bits per heavy atom. The summed E-state index contributed by atoms with van der Waals surface area (Å²) in [4.78, 5) is 34.6. The Kier molecular flexibility index (Phi) is 5.35. The van der Waals surface area contributed by atoms with Gasteiger partial charge in [0.25, 0.3) is 11.8 Å². The van der Waals surface area contributed by atoms with Crippen LogP contribution in [-0.2, 0) is 0 Å². The van der Waals surface area contributed by atoms with Crippen LogP contribution >= 0.6 is 11.6 Å². The van der Waals surface area contributed by atoms with Crippen LogP contribution < -0.4 is 10.2 Å². The Labute approximate surface area is 228 Å². The number of amides is 2. The number of aromatic hydroxyl groups is 1. The van der Waals surface area contributed by atoms with Crippen LogP contribution in [0.2, 0.25) is 0 Å². The zero-order valence-electron chi connectivity index (χ0n) is 20.7. The van der Waals surface area contributed by atoms with Crippen LogP contribution in [-0.4, -0.2) is 39.3 Å². The molecule has 0 spiro atoms. The molecule has 39 heavy (non-hydrogen) atoms. The van der Waals surface area contributed by atoms with Gasteiger partial charge in [0.05, 0.1) is 5.69 Å². The molecule has 4 aromatic carbocycles. The van der Waals surface area contributed by atoms with Gasteiger partial charge in [-0.05, 0) is 47.9 Å². The number of fused-ring (bicyclic) bond motifs is 4. The standard InChI is InChI=1S/C31H23ClN4O3/c32-15-20-16-36(27-14-17-5-1-3-7-22(17)29(37)28(20)27)31(39)26-13-19-11-21(9-10-24(19)35-26)33-30(38)25-12-18-6-2-4-8-23(18)34-25/h1-14,20,34-35,37H,15-16H2,(H,33,38)/t20-/m1/s1. The van der Waals surface area contributed by atoms with Crippen molar-refractivity contribution < 1.29 is 14.7 Å². The second-order valence-corrected chi connectivity index (χ2v) is 10.2. The molecule has 0 fully saturated rings.